The van der Waals surface area contributed by atoms with Crippen molar-refractivity contribution in [1.29, 1.82) is 0 Å². The summed E-state index contributed by atoms with van der Waals surface area (Å²) in [5.74, 6) is -0.366. The van der Waals surface area contributed by atoms with Gasteiger partial charge in [0.2, 0.25) is 5.91 Å². The lowest BCUT2D eigenvalue weighted by Gasteiger charge is -2.28. The summed E-state index contributed by atoms with van der Waals surface area (Å²) in [6.45, 7) is 2.02. The van der Waals surface area contributed by atoms with Crippen LogP contribution in [0.4, 0.5) is 0 Å². The number of carbonyl (C=O) groups excluding carboxylic acids is 2. The van der Waals surface area contributed by atoms with Crippen LogP contribution in [-0.4, -0.2) is 40.5 Å². The number of hydrogen-bond acceptors (Lipinski definition) is 3. The molecule has 5 nitrogen and oxygen atoms in total. The third-order valence-electron chi connectivity index (χ3n) is 4.46. The van der Waals surface area contributed by atoms with E-state index in [9.17, 15) is 14.7 Å². The van der Waals surface area contributed by atoms with Crippen molar-refractivity contribution in [3.8, 4) is 0 Å². The van der Waals surface area contributed by atoms with Crippen molar-refractivity contribution in [2.75, 3.05) is 6.61 Å². The van der Waals surface area contributed by atoms with E-state index in [1.54, 1.807) is 17.9 Å². The van der Waals surface area contributed by atoms with Gasteiger partial charge in [-0.1, -0.05) is 48.5 Å². The van der Waals surface area contributed by atoms with Gasteiger partial charge in [-0.25, -0.2) is 0 Å². The number of nitrogens with zero attached hydrogens (tertiary/aromatic N) is 1. The summed E-state index contributed by atoms with van der Waals surface area (Å²) in [5.41, 5.74) is 2.58. The van der Waals surface area contributed by atoms with Gasteiger partial charge in [-0.3, -0.25) is 9.59 Å². The van der Waals surface area contributed by atoms with Crippen LogP contribution < -0.4 is 5.32 Å². The van der Waals surface area contributed by atoms with Gasteiger partial charge in [0.25, 0.3) is 5.91 Å². The number of rotatable bonds is 6. The van der Waals surface area contributed by atoms with Gasteiger partial charge in [0.15, 0.2) is 0 Å². The highest BCUT2D eigenvalue weighted by Crippen LogP contribution is 2.26. The lowest BCUT2D eigenvalue weighted by atomic mass is 10.0. The zero-order valence-electron chi connectivity index (χ0n) is 14.2. The third-order valence-corrected chi connectivity index (χ3v) is 4.46. The van der Waals surface area contributed by atoms with E-state index in [2.05, 4.69) is 5.32 Å². The van der Waals surface area contributed by atoms with Gasteiger partial charge in [-0.15, -0.1) is 0 Å². The molecule has 2 aromatic rings. The SMILES string of the molecule is CC(CO)NC(=O)C(Cc1ccccc1)N1Cc2ccccc2C1=O. The molecular weight excluding hydrogens is 316 g/mol. The molecule has 2 aromatic carbocycles. The van der Waals surface area contributed by atoms with Crippen LogP contribution in [0.2, 0.25) is 0 Å². The van der Waals surface area contributed by atoms with Crippen molar-refractivity contribution >= 4 is 11.8 Å². The standard InChI is InChI=1S/C20H22N2O3/c1-14(13-23)21-19(24)18(11-15-7-3-2-4-8-15)22-12-16-9-5-6-10-17(16)20(22)25/h2-10,14,18,23H,11-13H2,1H3,(H,21,24). The minimum Gasteiger partial charge on any atom is -0.394 e. The molecule has 130 valence electrons. The first-order chi connectivity index (χ1) is 12.1. The summed E-state index contributed by atoms with van der Waals surface area (Å²) in [6, 6.07) is 16.1. The fourth-order valence-corrected chi connectivity index (χ4v) is 3.10. The van der Waals surface area contributed by atoms with Crippen LogP contribution in [-0.2, 0) is 17.8 Å². The summed E-state index contributed by atoms with van der Waals surface area (Å²) < 4.78 is 0. The second-order valence-electron chi connectivity index (χ2n) is 6.39. The molecule has 0 bridgehead atoms. The van der Waals surface area contributed by atoms with Gasteiger partial charge in [-0.05, 0) is 24.1 Å². The molecule has 5 heteroatoms. The normalized spacial score (nSPS) is 15.6. The van der Waals surface area contributed by atoms with Gasteiger partial charge in [0, 0.05) is 24.6 Å². The van der Waals surface area contributed by atoms with Crippen LogP contribution in [0.5, 0.6) is 0 Å². The molecule has 1 aliphatic rings. The van der Waals surface area contributed by atoms with Gasteiger partial charge in [-0.2, -0.15) is 0 Å². The average molecular weight is 338 g/mol. The largest absolute Gasteiger partial charge is 0.394 e. The molecule has 0 aliphatic carbocycles. The molecule has 0 saturated heterocycles. The summed E-state index contributed by atoms with van der Waals surface area (Å²) in [4.78, 5) is 27.2. The number of nitrogens with one attached hydrogen (secondary N) is 1. The van der Waals surface area contributed by atoms with Crippen LogP contribution in [0.15, 0.2) is 54.6 Å². The Kier molecular flexibility index (Phi) is 5.14. The van der Waals surface area contributed by atoms with Crippen molar-refractivity contribution in [3.05, 3.63) is 71.3 Å². The van der Waals surface area contributed by atoms with Crippen molar-refractivity contribution in [1.82, 2.24) is 10.2 Å². The Bertz CT molecular complexity index is 761. The predicted octanol–water partition coefficient (Wildman–Crippen LogP) is 1.75. The van der Waals surface area contributed by atoms with E-state index in [4.69, 9.17) is 0 Å². The molecule has 0 spiro atoms. The van der Waals surface area contributed by atoms with E-state index in [1.807, 2.05) is 48.5 Å². The van der Waals surface area contributed by atoms with Gasteiger partial charge >= 0.3 is 0 Å². The molecular formula is C20H22N2O3. The predicted molar refractivity (Wildman–Crippen MR) is 94.9 cm³/mol. The van der Waals surface area contributed by atoms with Crippen LogP contribution in [0.3, 0.4) is 0 Å². The van der Waals surface area contributed by atoms with E-state index in [1.165, 1.54) is 0 Å². The van der Waals surface area contributed by atoms with Crippen LogP contribution >= 0.6 is 0 Å². The first kappa shape index (κ1) is 17.2. The number of carbonyl (C=O) groups is 2. The molecule has 2 atom stereocenters. The van der Waals surface area contributed by atoms with Gasteiger partial charge in [0.1, 0.15) is 6.04 Å². The molecule has 2 N–H and O–H groups in total. The highest BCUT2D eigenvalue weighted by Gasteiger charge is 2.36. The minimum absolute atomic E-state index is 0.122. The van der Waals surface area contributed by atoms with Crippen LogP contribution in [0.25, 0.3) is 0 Å². The molecule has 3 rings (SSSR count). The highest BCUT2D eigenvalue weighted by atomic mass is 16.3. The van der Waals surface area contributed by atoms with Crippen molar-refractivity contribution in [2.24, 2.45) is 0 Å². The van der Waals surface area contributed by atoms with Gasteiger partial charge < -0.3 is 15.3 Å². The molecule has 0 saturated carbocycles. The summed E-state index contributed by atoms with van der Waals surface area (Å²) >= 11 is 0. The molecule has 1 aliphatic heterocycles. The zero-order chi connectivity index (χ0) is 17.8. The average Bonchev–Trinajstić information content (AvgIpc) is 2.97. The Hall–Kier alpha value is -2.66. The molecule has 0 radical (unpaired) electrons. The molecule has 25 heavy (non-hydrogen) atoms. The second-order valence-corrected chi connectivity index (χ2v) is 6.39. The Morgan fingerprint density at radius 1 is 1.16 bits per heavy atom. The fourth-order valence-electron chi connectivity index (χ4n) is 3.10. The van der Waals surface area contributed by atoms with Gasteiger partial charge in [0.05, 0.1) is 6.61 Å². The van der Waals surface area contributed by atoms with Crippen LogP contribution in [0, 0.1) is 0 Å². The number of aliphatic hydroxyl groups is 1. The number of hydrogen-bond donors (Lipinski definition) is 2. The Morgan fingerprint density at radius 2 is 1.84 bits per heavy atom. The third kappa shape index (κ3) is 3.72. The van der Waals surface area contributed by atoms with E-state index in [0.717, 1.165) is 11.1 Å². The molecule has 2 amide bonds. The first-order valence-corrected chi connectivity index (χ1v) is 8.44. The number of benzene rings is 2. The summed E-state index contributed by atoms with van der Waals surface area (Å²) in [7, 11) is 0. The maximum absolute atomic E-state index is 12.8. The van der Waals surface area contributed by atoms with E-state index in [-0.39, 0.29) is 24.5 Å². The lowest BCUT2D eigenvalue weighted by Crippen LogP contribution is -2.51. The Morgan fingerprint density at radius 3 is 2.52 bits per heavy atom. The first-order valence-electron chi connectivity index (χ1n) is 8.44. The lowest BCUT2D eigenvalue weighted by molar-refractivity contribution is -0.126. The minimum atomic E-state index is -0.615. The zero-order valence-corrected chi connectivity index (χ0v) is 14.2. The van der Waals surface area contributed by atoms with E-state index in [0.29, 0.717) is 18.5 Å². The molecule has 0 aromatic heterocycles. The number of aliphatic hydroxyl groups excluding tert-OH is 1. The monoisotopic (exact) mass is 338 g/mol. The number of fused-ring (bicyclic) bond motifs is 1. The van der Waals surface area contributed by atoms with E-state index < -0.39 is 6.04 Å². The summed E-state index contributed by atoms with van der Waals surface area (Å²) in [6.07, 6.45) is 0.435. The van der Waals surface area contributed by atoms with Crippen LogP contribution in [0.1, 0.15) is 28.4 Å². The topological polar surface area (TPSA) is 69.6 Å². The summed E-state index contributed by atoms with van der Waals surface area (Å²) in [5, 5.41) is 12.0. The smallest absolute Gasteiger partial charge is 0.255 e. The number of amides is 2. The molecule has 0 fully saturated rings. The Balaban J connectivity index is 1.86. The highest BCUT2D eigenvalue weighted by molar-refractivity contribution is 6.01. The maximum Gasteiger partial charge on any atom is 0.255 e. The van der Waals surface area contributed by atoms with E-state index >= 15 is 0 Å². The Labute approximate surface area is 147 Å². The maximum atomic E-state index is 12.8. The van der Waals surface area contributed by atoms with Crippen molar-refractivity contribution in [3.63, 3.8) is 0 Å². The molecule has 1 heterocycles. The fraction of sp³-hybridized carbons (Fsp3) is 0.300. The second kappa shape index (κ2) is 7.49. The molecule has 2 unspecified atom stereocenters. The van der Waals surface area contributed by atoms with Crippen molar-refractivity contribution in [2.45, 2.75) is 32.0 Å². The quantitative estimate of drug-likeness (QED) is 0.843. The van der Waals surface area contributed by atoms with Crippen molar-refractivity contribution < 1.29 is 14.7 Å².